The monoisotopic (exact) mass is 291 g/mol. The highest BCUT2D eigenvalue weighted by Gasteiger charge is 2.58. The maximum absolute atomic E-state index is 13.0. The summed E-state index contributed by atoms with van der Waals surface area (Å²) in [5.41, 5.74) is -0.958. The summed E-state index contributed by atoms with van der Waals surface area (Å²) in [5.74, 6) is -0.597. The Hall–Kier alpha value is -1.43. The van der Waals surface area contributed by atoms with Crippen LogP contribution in [0.4, 0.5) is 4.79 Å². The highest BCUT2D eigenvalue weighted by Crippen LogP contribution is 2.44. The van der Waals surface area contributed by atoms with E-state index in [9.17, 15) is 14.4 Å². The maximum atomic E-state index is 13.0. The number of imide groups is 2. The summed E-state index contributed by atoms with van der Waals surface area (Å²) < 4.78 is 0. The minimum Gasteiger partial charge on any atom is -0.298 e. The molecule has 6 heteroatoms. The van der Waals surface area contributed by atoms with Crippen LogP contribution in [0.1, 0.15) is 44.9 Å². The van der Waals surface area contributed by atoms with Crippen LogP contribution in [0.5, 0.6) is 0 Å². The molecule has 0 aromatic rings. The molecule has 3 heterocycles. The van der Waals surface area contributed by atoms with E-state index in [0.717, 1.165) is 45.2 Å². The molecule has 2 atom stereocenters. The largest absolute Gasteiger partial charge is 0.331 e. The van der Waals surface area contributed by atoms with E-state index in [1.807, 2.05) is 0 Å². The predicted octanol–water partition coefficient (Wildman–Crippen LogP) is 0.862. The summed E-state index contributed by atoms with van der Waals surface area (Å²) in [7, 11) is 0. The molecule has 4 fully saturated rings. The topological polar surface area (TPSA) is 69.7 Å². The Kier molecular flexibility index (Phi) is 2.86. The highest BCUT2D eigenvalue weighted by molar-refractivity contribution is 6.19. The van der Waals surface area contributed by atoms with Crippen molar-refractivity contribution in [2.75, 3.05) is 13.1 Å². The third-order valence-corrected chi connectivity index (χ3v) is 5.86. The van der Waals surface area contributed by atoms with Gasteiger partial charge in [-0.1, -0.05) is 12.8 Å². The first-order chi connectivity index (χ1) is 10.1. The molecule has 4 aliphatic rings. The van der Waals surface area contributed by atoms with Gasteiger partial charge in [-0.05, 0) is 38.6 Å². The Morgan fingerprint density at radius 2 is 1.71 bits per heavy atom. The van der Waals surface area contributed by atoms with Crippen molar-refractivity contribution in [1.29, 1.82) is 0 Å². The Labute approximate surface area is 123 Å². The number of carbonyl (C=O) groups is 3. The molecule has 1 spiro atoms. The van der Waals surface area contributed by atoms with E-state index < -0.39 is 11.4 Å². The van der Waals surface area contributed by atoms with E-state index in [-0.39, 0.29) is 17.9 Å². The van der Waals surface area contributed by atoms with Crippen molar-refractivity contribution in [2.45, 2.75) is 57.0 Å². The summed E-state index contributed by atoms with van der Waals surface area (Å²) >= 11 is 0. The highest BCUT2D eigenvalue weighted by atomic mass is 16.2. The van der Waals surface area contributed by atoms with Crippen molar-refractivity contribution in [3.05, 3.63) is 0 Å². The Bertz CT molecular complexity index is 512. The zero-order valence-corrected chi connectivity index (χ0v) is 12.1. The molecule has 0 radical (unpaired) electrons. The zero-order valence-electron chi connectivity index (χ0n) is 12.1. The van der Waals surface area contributed by atoms with Gasteiger partial charge in [-0.3, -0.25) is 24.7 Å². The SMILES string of the molecule is O=C1NC(=O)C2(CCCC2)C(=O)N1C1CCN2CCCC12. The number of nitrogens with zero attached hydrogens (tertiary/aromatic N) is 2. The fourth-order valence-corrected chi connectivity index (χ4v) is 4.77. The fraction of sp³-hybridized carbons (Fsp3) is 0.800. The molecular formula is C15H21N3O3. The lowest BCUT2D eigenvalue weighted by atomic mass is 9.81. The number of hydrogen-bond donors (Lipinski definition) is 1. The van der Waals surface area contributed by atoms with Crippen LogP contribution in [-0.2, 0) is 9.59 Å². The summed E-state index contributed by atoms with van der Waals surface area (Å²) in [6.07, 6.45) is 5.97. The van der Waals surface area contributed by atoms with Crippen LogP contribution >= 0.6 is 0 Å². The quantitative estimate of drug-likeness (QED) is 0.728. The number of barbiturate groups is 1. The molecule has 0 aromatic heterocycles. The van der Waals surface area contributed by atoms with Crippen molar-refractivity contribution in [3.8, 4) is 0 Å². The first-order valence-electron chi connectivity index (χ1n) is 8.07. The number of rotatable bonds is 1. The average molecular weight is 291 g/mol. The van der Waals surface area contributed by atoms with Gasteiger partial charge in [0.1, 0.15) is 5.41 Å². The second kappa shape index (κ2) is 4.53. The second-order valence-electron chi connectivity index (χ2n) is 6.83. The Balaban J connectivity index is 1.66. The zero-order chi connectivity index (χ0) is 14.6. The van der Waals surface area contributed by atoms with Gasteiger partial charge in [0.25, 0.3) is 0 Å². The molecule has 1 aliphatic carbocycles. The normalized spacial score (nSPS) is 35.6. The van der Waals surface area contributed by atoms with Crippen LogP contribution in [0.2, 0.25) is 0 Å². The second-order valence-corrected chi connectivity index (χ2v) is 6.83. The van der Waals surface area contributed by atoms with Gasteiger partial charge >= 0.3 is 6.03 Å². The molecule has 3 saturated heterocycles. The molecule has 1 N–H and O–H groups in total. The van der Waals surface area contributed by atoms with Gasteiger partial charge in [-0.15, -0.1) is 0 Å². The Morgan fingerprint density at radius 1 is 0.952 bits per heavy atom. The Morgan fingerprint density at radius 3 is 2.48 bits per heavy atom. The molecule has 2 unspecified atom stereocenters. The van der Waals surface area contributed by atoms with Crippen LogP contribution in [0.25, 0.3) is 0 Å². The minimum absolute atomic E-state index is 0.0504. The van der Waals surface area contributed by atoms with Gasteiger partial charge in [0, 0.05) is 12.6 Å². The van der Waals surface area contributed by atoms with Crippen molar-refractivity contribution < 1.29 is 14.4 Å². The van der Waals surface area contributed by atoms with Crippen molar-refractivity contribution in [3.63, 3.8) is 0 Å². The summed E-state index contributed by atoms with van der Waals surface area (Å²) in [6.45, 7) is 2.02. The van der Waals surface area contributed by atoms with Gasteiger partial charge < -0.3 is 0 Å². The number of urea groups is 1. The summed E-state index contributed by atoms with van der Waals surface area (Å²) in [6, 6.07) is -0.252. The number of fused-ring (bicyclic) bond motifs is 1. The molecule has 0 aromatic carbocycles. The minimum atomic E-state index is -0.958. The molecule has 3 aliphatic heterocycles. The first-order valence-corrected chi connectivity index (χ1v) is 8.07. The molecule has 4 amide bonds. The molecular weight excluding hydrogens is 270 g/mol. The van der Waals surface area contributed by atoms with E-state index in [0.29, 0.717) is 18.9 Å². The average Bonchev–Trinajstić information content (AvgIpc) is 3.15. The van der Waals surface area contributed by atoms with Gasteiger partial charge in [-0.2, -0.15) is 0 Å². The van der Waals surface area contributed by atoms with Crippen molar-refractivity contribution in [1.82, 2.24) is 15.1 Å². The van der Waals surface area contributed by atoms with Gasteiger partial charge in [0.05, 0.1) is 6.04 Å². The van der Waals surface area contributed by atoms with Crippen LogP contribution in [-0.4, -0.2) is 52.8 Å². The maximum Gasteiger partial charge on any atom is 0.331 e. The van der Waals surface area contributed by atoms with E-state index >= 15 is 0 Å². The smallest absolute Gasteiger partial charge is 0.298 e. The van der Waals surface area contributed by atoms with E-state index in [1.54, 1.807) is 0 Å². The molecule has 4 rings (SSSR count). The van der Waals surface area contributed by atoms with E-state index in [2.05, 4.69) is 10.2 Å². The van der Waals surface area contributed by atoms with Gasteiger partial charge in [-0.25, -0.2) is 4.79 Å². The van der Waals surface area contributed by atoms with E-state index in [4.69, 9.17) is 0 Å². The van der Waals surface area contributed by atoms with Gasteiger partial charge in [0.15, 0.2) is 0 Å². The third-order valence-electron chi connectivity index (χ3n) is 5.86. The predicted molar refractivity (Wildman–Crippen MR) is 74.3 cm³/mol. The van der Waals surface area contributed by atoms with Crippen LogP contribution in [0, 0.1) is 5.41 Å². The lowest BCUT2D eigenvalue weighted by Crippen LogP contribution is -2.66. The molecule has 114 valence electrons. The standard InChI is InChI=1S/C15H21N3O3/c19-12-15(6-1-2-7-15)13(20)18(14(21)16-12)11-5-9-17-8-3-4-10(11)17/h10-11H,1-9H2,(H,16,19,21). The number of amides is 4. The number of carbonyl (C=O) groups excluding carboxylic acids is 3. The fourth-order valence-electron chi connectivity index (χ4n) is 4.77. The number of nitrogens with one attached hydrogen (secondary N) is 1. The van der Waals surface area contributed by atoms with Crippen molar-refractivity contribution in [2.24, 2.45) is 5.41 Å². The van der Waals surface area contributed by atoms with Crippen LogP contribution in [0.3, 0.4) is 0 Å². The molecule has 21 heavy (non-hydrogen) atoms. The van der Waals surface area contributed by atoms with Crippen LogP contribution in [0.15, 0.2) is 0 Å². The lowest BCUT2D eigenvalue weighted by Gasteiger charge is -2.41. The summed E-state index contributed by atoms with van der Waals surface area (Å²) in [4.78, 5) is 41.3. The molecule has 0 bridgehead atoms. The van der Waals surface area contributed by atoms with Crippen molar-refractivity contribution >= 4 is 17.8 Å². The lowest BCUT2D eigenvalue weighted by molar-refractivity contribution is -0.152. The molecule has 6 nitrogen and oxygen atoms in total. The number of hydrogen-bond acceptors (Lipinski definition) is 4. The van der Waals surface area contributed by atoms with E-state index in [1.165, 1.54) is 4.90 Å². The summed E-state index contributed by atoms with van der Waals surface area (Å²) in [5, 5.41) is 2.46. The van der Waals surface area contributed by atoms with Crippen LogP contribution < -0.4 is 5.32 Å². The third kappa shape index (κ3) is 1.71. The molecule has 1 saturated carbocycles. The first kappa shape index (κ1) is 13.2. The van der Waals surface area contributed by atoms with Gasteiger partial charge in [0.2, 0.25) is 11.8 Å².